The number of anilines is 3. The summed E-state index contributed by atoms with van der Waals surface area (Å²) in [5, 5.41) is 1.03. The van der Waals surface area contributed by atoms with Gasteiger partial charge in [0.25, 0.3) is 0 Å². The van der Waals surface area contributed by atoms with Crippen molar-refractivity contribution in [2.75, 3.05) is 36.0 Å². The Labute approximate surface area is 210 Å². The van der Waals surface area contributed by atoms with E-state index in [-0.39, 0.29) is 24.1 Å². The van der Waals surface area contributed by atoms with Gasteiger partial charge in [-0.1, -0.05) is 0 Å². The quantitative estimate of drug-likeness (QED) is 0.540. The molecule has 0 saturated carbocycles. The van der Waals surface area contributed by atoms with Crippen LogP contribution < -0.4 is 9.80 Å². The van der Waals surface area contributed by atoms with Gasteiger partial charge < -0.3 is 24.0 Å². The van der Waals surface area contributed by atoms with Gasteiger partial charge in [-0.2, -0.15) is 0 Å². The predicted molar refractivity (Wildman–Crippen MR) is 138 cm³/mol. The molecule has 0 aliphatic carbocycles. The molecule has 3 aliphatic rings. The fourth-order valence-corrected chi connectivity index (χ4v) is 5.77. The fraction of sp³-hybridized carbons (Fsp3) is 0.481. The number of fused-ring (bicyclic) bond motifs is 2. The van der Waals surface area contributed by atoms with Crippen LogP contribution in [0.4, 0.5) is 22.0 Å². The molecule has 2 fully saturated rings. The number of piperidine rings is 1. The summed E-state index contributed by atoms with van der Waals surface area (Å²) in [6.07, 6.45) is 7.63. The van der Waals surface area contributed by atoms with Gasteiger partial charge in [-0.05, 0) is 69.4 Å². The standard InChI is InChI=1S/C27H32N6O3/c1-18(2)36-27(35)30-12-8-20(9-13-30)32-15-10-22-25(32)28-17-29-26(22)33-14-7-19-16-21(5-6-23(19)33)31-11-3-4-24(31)34/h5-6,10,15-18,20H,3-4,7-9,11-14H2,1-2H3. The minimum absolute atomic E-state index is 0.108. The fourth-order valence-electron chi connectivity index (χ4n) is 5.77. The number of ether oxygens (including phenoxy) is 1. The minimum Gasteiger partial charge on any atom is -0.447 e. The van der Waals surface area contributed by atoms with Gasteiger partial charge in [0.2, 0.25) is 5.91 Å². The lowest BCUT2D eigenvalue weighted by Gasteiger charge is -2.32. The molecule has 5 heterocycles. The van der Waals surface area contributed by atoms with Gasteiger partial charge in [-0.3, -0.25) is 4.79 Å². The largest absolute Gasteiger partial charge is 0.447 e. The van der Waals surface area contributed by atoms with Crippen LogP contribution in [0.5, 0.6) is 0 Å². The van der Waals surface area contributed by atoms with Crippen LogP contribution in [-0.2, 0) is 16.0 Å². The molecule has 0 radical (unpaired) electrons. The van der Waals surface area contributed by atoms with Crippen LogP contribution in [-0.4, -0.2) is 63.7 Å². The van der Waals surface area contributed by atoms with Crippen molar-refractivity contribution in [1.29, 1.82) is 0 Å². The third-order valence-corrected chi connectivity index (χ3v) is 7.54. The molecule has 0 atom stereocenters. The van der Waals surface area contributed by atoms with Crippen molar-refractivity contribution >= 4 is 40.2 Å². The molecule has 0 N–H and O–H groups in total. The SMILES string of the molecule is CC(C)OC(=O)N1CCC(n2ccc3c(N4CCc5cc(N6CCCC6=O)ccc54)ncnc32)CC1. The maximum Gasteiger partial charge on any atom is 0.410 e. The van der Waals surface area contributed by atoms with E-state index in [9.17, 15) is 9.59 Å². The molecule has 2 amide bonds. The van der Waals surface area contributed by atoms with E-state index in [1.807, 2.05) is 18.7 Å². The second-order valence-electron chi connectivity index (χ2n) is 10.2. The highest BCUT2D eigenvalue weighted by Gasteiger charge is 2.29. The first-order valence-corrected chi connectivity index (χ1v) is 13.0. The first-order chi connectivity index (χ1) is 17.5. The van der Waals surface area contributed by atoms with Crippen molar-refractivity contribution in [2.45, 2.75) is 58.1 Å². The third kappa shape index (κ3) is 3.96. The molecule has 3 aromatic rings. The van der Waals surface area contributed by atoms with Crippen molar-refractivity contribution in [3.05, 3.63) is 42.4 Å². The van der Waals surface area contributed by atoms with E-state index in [4.69, 9.17) is 4.74 Å². The molecular formula is C27H32N6O3. The zero-order valence-electron chi connectivity index (χ0n) is 20.9. The Balaban J connectivity index is 1.23. The molecule has 0 unspecified atom stereocenters. The Morgan fingerprint density at radius 3 is 2.61 bits per heavy atom. The smallest absolute Gasteiger partial charge is 0.410 e. The Kier molecular flexibility index (Phi) is 5.78. The van der Waals surface area contributed by atoms with Crippen LogP contribution in [0.2, 0.25) is 0 Å². The number of nitrogens with zero attached hydrogens (tertiary/aromatic N) is 6. The normalized spacial score (nSPS) is 18.5. The monoisotopic (exact) mass is 488 g/mol. The number of carbonyl (C=O) groups excluding carboxylic acids is 2. The topological polar surface area (TPSA) is 83.8 Å². The zero-order chi connectivity index (χ0) is 24.8. The number of hydrogen-bond acceptors (Lipinski definition) is 6. The van der Waals surface area contributed by atoms with Crippen molar-refractivity contribution in [3.8, 4) is 0 Å². The molecule has 3 aliphatic heterocycles. The van der Waals surface area contributed by atoms with Crippen LogP contribution in [0.15, 0.2) is 36.8 Å². The van der Waals surface area contributed by atoms with E-state index in [0.29, 0.717) is 19.5 Å². The van der Waals surface area contributed by atoms with E-state index < -0.39 is 0 Å². The van der Waals surface area contributed by atoms with E-state index in [1.165, 1.54) is 5.56 Å². The van der Waals surface area contributed by atoms with E-state index in [1.54, 1.807) is 11.2 Å². The lowest BCUT2D eigenvalue weighted by atomic mass is 10.1. The highest BCUT2D eigenvalue weighted by Crippen LogP contribution is 2.39. The summed E-state index contributed by atoms with van der Waals surface area (Å²) in [6.45, 7) is 6.75. The van der Waals surface area contributed by atoms with Crippen LogP contribution in [0, 0.1) is 0 Å². The molecule has 36 heavy (non-hydrogen) atoms. The number of benzene rings is 1. The molecule has 6 rings (SSSR count). The van der Waals surface area contributed by atoms with Crippen LogP contribution in [0.25, 0.3) is 11.0 Å². The van der Waals surface area contributed by atoms with Gasteiger partial charge in [0.15, 0.2) is 0 Å². The average Bonchev–Trinajstić information content (AvgIpc) is 3.61. The van der Waals surface area contributed by atoms with Crippen molar-refractivity contribution in [2.24, 2.45) is 0 Å². The van der Waals surface area contributed by atoms with Crippen LogP contribution in [0.1, 0.15) is 51.1 Å². The Morgan fingerprint density at radius 1 is 1.03 bits per heavy atom. The summed E-state index contributed by atoms with van der Waals surface area (Å²) in [6, 6.07) is 8.74. The second kappa shape index (κ2) is 9.11. The zero-order valence-corrected chi connectivity index (χ0v) is 20.9. The summed E-state index contributed by atoms with van der Waals surface area (Å²) in [5.74, 6) is 1.13. The predicted octanol–water partition coefficient (Wildman–Crippen LogP) is 4.43. The Hall–Kier alpha value is -3.62. The van der Waals surface area contributed by atoms with Gasteiger partial charge in [-0.25, -0.2) is 14.8 Å². The molecule has 9 nitrogen and oxygen atoms in total. The first kappa shape index (κ1) is 22.8. The maximum absolute atomic E-state index is 12.3. The number of hydrogen-bond donors (Lipinski definition) is 0. The molecule has 0 spiro atoms. The number of amides is 2. The lowest BCUT2D eigenvalue weighted by Crippen LogP contribution is -2.40. The van der Waals surface area contributed by atoms with Crippen molar-refractivity contribution in [1.82, 2.24) is 19.4 Å². The molecular weight excluding hydrogens is 456 g/mol. The van der Waals surface area contributed by atoms with Gasteiger partial charge in [0, 0.05) is 56.2 Å². The molecule has 9 heteroatoms. The second-order valence-corrected chi connectivity index (χ2v) is 10.2. The Bertz CT molecular complexity index is 1310. The third-order valence-electron chi connectivity index (χ3n) is 7.54. The molecule has 1 aromatic carbocycles. The van der Waals surface area contributed by atoms with Crippen molar-refractivity contribution in [3.63, 3.8) is 0 Å². The van der Waals surface area contributed by atoms with Gasteiger partial charge in [0.1, 0.15) is 17.8 Å². The highest BCUT2D eigenvalue weighted by atomic mass is 16.6. The van der Waals surface area contributed by atoms with Crippen LogP contribution >= 0.6 is 0 Å². The maximum atomic E-state index is 12.3. The number of likely N-dealkylation sites (tertiary alicyclic amines) is 1. The van der Waals surface area contributed by atoms with E-state index in [0.717, 1.165) is 67.0 Å². The number of carbonyl (C=O) groups is 2. The highest BCUT2D eigenvalue weighted by molar-refractivity contribution is 5.96. The van der Waals surface area contributed by atoms with Gasteiger partial charge in [-0.15, -0.1) is 0 Å². The number of rotatable bonds is 4. The molecule has 0 bridgehead atoms. The minimum atomic E-state index is -0.227. The summed E-state index contributed by atoms with van der Waals surface area (Å²) in [5.41, 5.74) is 4.32. The van der Waals surface area contributed by atoms with E-state index in [2.05, 4.69) is 49.9 Å². The summed E-state index contributed by atoms with van der Waals surface area (Å²) in [4.78, 5) is 39.8. The van der Waals surface area contributed by atoms with Crippen molar-refractivity contribution < 1.29 is 14.3 Å². The Morgan fingerprint density at radius 2 is 1.86 bits per heavy atom. The molecule has 188 valence electrons. The lowest BCUT2D eigenvalue weighted by molar-refractivity contribution is -0.117. The summed E-state index contributed by atoms with van der Waals surface area (Å²) in [7, 11) is 0. The van der Waals surface area contributed by atoms with Gasteiger partial charge >= 0.3 is 6.09 Å². The van der Waals surface area contributed by atoms with Crippen LogP contribution in [0.3, 0.4) is 0 Å². The average molecular weight is 489 g/mol. The molecule has 2 saturated heterocycles. The molecule has 2 aromatic heterocycles. The summed E-state index contributed by atoms with van der Waals surface area (Å²) < 4.78 is 7.60. The summed E-state index contributed by atoms with van der Waals surface area (Å²) >= 11 is 0. The van der Waals surface area contributed by atoms with Gasteiger partial charge in [0.05, 0.1) is 11.5 Å². The number of aromatic nitrogens is 3. The van der Waals surface area contributed by atoms with E-state index >= 15 is 0 Å². The first-order valence-electron chi connectivity index (χ1n) is 13.0.